The second-order valence-corrected chi connectivity index (χ2v) is 5.70. The van der Waals surface area contributed by atoms with Crippen molar-refractivity contribution in [2.24, 2.45) is 0 Å². The number of ether oxygens (including phenoxy) is 1. The molecule has 2 unspecified atom stereocenters. The van der Waals surface area contributed by atoms with Crippen LogP contribution in [0.25, 0.3) is 0 Å². The van der Waals surface area contributed by atoms with E-state index in [1.807, 2.05) is 6.07 Å². The van der Waals surface area contributed by atoms with E-state index in [1.165, 1.54) is 0 Å². The number of hydrogen-bond donors (Lipinski definition) is 0. The highest BCUT2D eigenvalue weighted by Crippen LogP contribution is 2.38. The summed E-state index contributed by atoms with van der Waals surface area (Å²) in [5.74, 6) is 0.913. The lowest BCUT2D eigenvalue weighted by atomic mass is 10.2. The second-order valence-electron chi connectivity index (χ2n) is 3.25. The molecule has 0 amide bonds. The van der Waals surface area contributed by atoms with Gasteiger partial charge in [0.25, 0.3) is 0 Å². The maximum Gasteiger partial charge on any atom is 0.183 e. The topological polar surface area (TPSA) is 22.4 Å². The molecule has 0 N–H and O–H groups in total. The van der Waals surface area contributed by atoms with Crippen molar-refractivity contribution in [2.45, 2.75) is 25.0 Å². The molecule has 0 aromatic carbocycles. The highest BCUT2D eigenvalue weighted by molar-refractivity contribution is 14.1. The number of rotatable bonds is 2. The van der Waals surface area contributed by atoms with E-state index in [2.05, 4.69) is 54.5 Å². The minimum absolute atomic E-state index is 0.136. The van der Waals surface area contributed by atoms with Crippen molar-refractivity contribution in [1.29, 1.82) is 0 Å². The lowest BCUT2D eigenvalue weighted by Gasteiger charge is -2.08. The first-order valence-corrected chi connectivity index (χ1v) is 7.48. The van der Waals surface area contributed by atoms with E-state index in [-0.39, 0.29) is 6.10 Å². The Kier molecular flexibility index (Phi) is 3.95. The molecular formula is C9H9Br2IO2. The standard InChI is InChI=1S/C9H9Br2IO2/c10-6-3-8(14-9(6)11)7-2-1-5(4-12)13-7/h3,5,7H,1-2,4H2. The highest BCUT2D eigenvalue weighted by atomic mass is 127. The highest BCUT2D eigenvalue weighted by Gasteiger charge is 2.28. The third-order valence-corrected chi connectivity index (χ3v) is 4.95. The molecule has 2 heterocycles. The molecule has 2 nitrogen and oxygen atoms in total. The molecule has 14 heavy (non-hydrogen) atoms. The molecule has 1 aliphatic rings. The van der Waals surface area contributed by atoms with Gasteiger partial charge in [-0.2, -0.15) is 0 Å². The Morgan fingerprint density at radius 1 is 1.43 bits per heavy atom. The first kappa shape index (κ1) is 11.4. The van der Waals surface area contributed by atoms with Crippen molar-refractivity contribution in [2.75, 3.05) is 4.43 Å². The van der Waals surface area contributed by atoms with Gasteiger partial charge in [0, 0.05) is 4.43 Å². The van der Waals surface area contributed by atoms with Crippen LogP contribution in [-0.4, -0.2) is 10.5 Å². The zero-order valence-electron chi connectivity index (χ0n) is 7.30. The van der Waals surface area contributed by atoms with Gasteiger partial charge in [0.2, 0.25) is 0 Å². The van der Waals surface area contributed by atoms with Crippen LogP contribution in [0.15, 0.2) is 19.6 Å². The Bertz CT molecular complexity index is 307. The molecule has 0 spiro atoms. The number of halogens is 3. The van der Waals surface area contributed by atoms with Gasteiger partial charge in [-0.05, 0) is 50.8 Å². The van der Waals surface area contributed by atoms with Gasteiger partial charge in [0.15, 0.2) is 4.67 Å². The zero-order chi connectivity index (χ0) is 10.1. The molecule has 1 aromatic rings. The lowest BCUT2D eigenvalue weighted by Crippen LogP contribution is -2.06. The van der Waals surface area contributed by atoms with Crippen molar-refractivity contribution >= 4 is 54.5 Å². The predicted octanol–water partition coefficient (Wildman–Crippen LogP) is 4.46. The van der Waals surface area contributed by atoms with Gasteiger partial charge >= 0.3 is 0 Å². The van der Waals surface area contributed by atoms with Crippen LogP contribution in [0, 0.1) is 0 Å². The van der Waals surface area contributed by atoms with Gasteiger partial charge < -0.3 is 9.15 Å². The summed E-state index contributed by atoms with van der Waals surface area (Å²) in [6.45, 7) is 0. The summed E-state index contributed by atoms with van der Waals surface area (Å²) in [7, 11) is 0. The van der Waals surface area contributed by atoms with Gasteiger partial charge in [-0.1, -0.05) is 22.6 Å². The van der Waals surface area contributed by atoms with Gasteiger partial charge in [-0.25, -0.2) is 0 Å². The number of alkyl halides is 1. The summed E-state index contributed by atoms with van der Waals surface area (Å²) in [5.41, 5.74) is 0. The monoisotopic (exact) mass is 434 g/mol. The van der Waals surface area contributed by atoms with E-state index in [0.717, 1.165) is 32.2 Å². The van der Waals surface area contributed by atoms with Crippen molar-refractivity contribution in [3.8, 4) is 0 Å². The number of hydrogen-bond acceptors (Lipinski definition) is 2. The molecule has 0 radical (unpaired) electrons. The maximum atomic E-state index is 5.82. The smallest absolute Gasteiger partial charge is 0.183 e. The van der Waals surface area contributed by atoms with Crippen LogP contribution >= 0.6 is 54.5 Å². The van der Waals surface area contributed by atoms with Crippen LogP contribution in [0.5, 0.6) is 0 Å². The van der Waals surface area contributed by atoms with Crippen molar-refractivity contribution < 1.29 is 9.15 Å². The molecule has 1 fully saturated rings. The first-order valence-electron chi connectivity index (χ1n) is 4.37. The molecule has 0 bridgehead atoms. The van der Waals surface area contributed by atoms with Crippen LogP contribution < -0.4 is 0 Å². The summed E-state index contributed by atoms with van der Waals surface area (Å²) in [6, 6.07) is 1.98. The van der Waals surface area contributed by atoms with E-state index in [0.29, 0.717) is 6.10 Å². The molecule has 1 aliphatic heterocycles. The SMILES string of the molecule is Brc1cc(C2CCC(CI)O2)oc1Br. The number of furan rings is 1. The Morgan fingerprint density at radius 2 is 2.21 bits per heavy atom. The Balaban J connectivity index is 2.09. The van der Waals surface area contributed by atoms with E-state index >= 15 is 0 Å². The van der Waals surface area contributed by atoms with E-state index in [1.54, 1.807) is 0 Å². The lowest BCUT2D eigenvalue weighted by molar-refractivity contribution is 0.0457. The molecule has 2 rings (SSSR count). The predicted molar refractivity (Wildman–Crippen MR) is 69.8 cm³/mol. The average molecular weight is 436 g/mol. The van der Waals surface area contributed by atoms with E-state index < -0.39 is 0 Å². The van der Waals surface area contributed by atoms with E-state index in [4.69, 9.17) is 9.15 Å². The van der Waals surface area contributed by atoms with Crippen molar-refractivity contribution in [1.82, 2.24) is 0 Å². The van der Waals surface area contributed by atoms with Crippen molar-refractivity contribution in [3.63, 3.8) is 0 Å². The quantitative estimate of drug-likeness (QED) is 0.505. The maximum absolute atomic E-state index is 5.82. The second kappa shape index (κ2) is 4.84. The summed E-state index contributed by atoms with van der Waals surface area (Å²) >= 11 is 9.08. The van der Waals surface area contributed by atoms with Gasteiger partial charge in [0.05, 0.1) is 10.6 Å². The minimum Gasteiger partial charge on any atom is -0.450 e. The summed E-state index contributed by atoms with van der Waals surface area (Å²) in [5, 5.41) is 0. The Hall–Kier alpha value is 0.930. The van der Waals surface area contributed by atoms with Gasteiger partial charge in [-0.15, -0.1) is 0 Å². The van der Waals surface area contributed by atoms with Crippen LogP contribution in [0.3, 0.4) is 0 Å². The Morgan fingerprint density at radius 3 is 2.71 bits per heavy atom. The third kappa shape index (κ3) is 2.36. The van der Waals surface area contributed by atoms with Gasteiger partial charge in [-0.3, -0.25) is 0 Å². The molecule has 0 aliphatic carbocycles. The molecule has 2 atom stereocenters. The van der Waals surface area contributed by atoms with Crippen molar-refractivity contribution in [3.05, 3.63) is 21.0 Å². The molecule has 0 saturated carbocycles. The molecule has 78 valence electrons. The van der Waals surface area contributed by atoms with Crippen LogP contribution in [0.1, 0.15) is 24.7 Å². The fourth-order valence-electron chi connectivity index (χ4n) is 1.55. The third-order valence-electron chi connectivity index (χ3n) is 2.26. The summed E-state index contributed by atoms with van der Waals surface area (Å²) in [6.07, 6.45) is 2.71. The Labute approximate surface area is 113 Å². The minimum atomic E-state index is 0.136. The normalized spacial score (nSPS) is 27.1. The molecule has 1 aromatic heterocycles. The van der Waals surface area contributed by atoms with Crippen LogP contribution in [0.4, 0.5) is 0 Å². The van der Waals surface area contributed by atoms with Gasteiger partial charge in [0.1, 0.15) is 11.9 Å². The van der Waals surface area contributed by atoms with Crippen LogP contribution in [0.2, 0.25) is 0 Å². The fourth-order valence-corrected chi connectivity index (χ4v) is 2.81. The average Bonchev–Trinajstić information content (AvgIpc) is 2.74. The summed E-state index contributed by atoms with van der Waals surface area (Å²) in [4.78, 5) is 0. The van der Waals surface area contributed by atoms with E-state index in [9.17, 15) is 0 Å². The largest absolute Gasteiger partial charge is 0.450 e. The molecule has 5 heteroatoms. The molecular weight excluding hydrogens is 427 g/mol. The summed E-state index contributed by atoms with van der Waals surface area (Å²) < 4.78 is 14.1. The van der Waals surface area contributed by atoms with Crippen LogP contribution in [-0.2, 0) is 4.74 Å². The molecule has 1 saturated heterocycles. The fraction of sp³-hybridized carbons (Fsp3) is 0.556. The zero-order valence-corrected chi connectivity index (χ0v) is 12.6. The first-order chi connectivity index (χ1) is 6.70.